The Balaban J connectivity index is 1.72. The Morgan fingerprint density at radius 3 is 2.77 bits per heavy atom. The number of amides is 1. The SMILES string of the molecule is CCc1cccc(OCCCC(=O)Nc2ccccc2N)c1. The van der Waals surface area contributed by atoms with Crippen LogP contribution in [-0.2, 0) is 11.2 Å². The first-order valence-corrected chi connectivity index (χ1v) is 7.55. The molecule has 0 aliphatic heterocycles. The van der Waals surface area contributed by atoms with Crippen molar-refractivity contribution in [3.8, 4) is 5.75 Å². The summed E-state index contributed by atoms with van der Waals surface area (Å²) in [6, 6.07) is 15.3. The zero-order chi connectivity index (χ0) is 15.8. The molecule has 0 aliphatic rings. The van der Waals surface area contributed by atoms with Crippen molar-refractivity contribution in [1.29, 1.82) is 0 Å². The number of nitrogens with two attached hydrogens (primary N) is 1. The molecule has 0 unspecified atom stereocenters. The zero-order valence-corrected chi connectivity index (χ0v) is 12.8. The highest BCUT2D eigenvalue weighted by molar-refractivity contribution is 5.93. The van der Waals surface area contributed by atoms with E-state index in [1.54, 1.807) is 12.1 Å². The fourth-order valence-corrected chi connectivity index (χ4v) is 2.10. The molecule has 0 saturated heterocycles. The van der Waals surface area contributed by atoms with E-state index < -0.39 is 0 Å². The summed E-state index contributed by atoms with van der Waals surface area (Å²) in [5.41, 5.74) is 8.26. The lowest BCUT2D eigenvalue weighted by Gasteiger charge is -2.09. The van der Waals surface area contributed by atoms with E-state index in [4.69, 9.17) is 10.5 Å². The number of carbonyl (C=O) groups excluding carboxylic acids is 1. The molecule has 4 nitrogen and oxygen atoms in total. The second kappa shape index (κ2) is 8.08. The van der Waals surface area contributed by atoms with Gasteiger partial charge in [0.2, 0.25) is 5.91 Å². The standard InChI is InChI=1S/C18H22N2O2/c1-2-14-7-5-8-15(13-14)22-12-6-11-18(21)20-17-10-4-3-9-16(17)19/h3-5,7-10,13H,2,6,11-12,19H2,1H3,(H,20,21). The summed E-state index contributed by atoms with van der Waals surface area (Å²) in [7, 11) is 0. The van der Waals surface area contributed by atoms with Crippen LogP contribution in [-0.4, -0.2) is 12.5 Å². The molecule has 1 amide bonds. The van der Waals surface area contributed by atoms with Crippen LogP contribution in [0.25, 0.3) is 0 Å². The van der Waals surface area contributed by atoms with Crippen LogP contribution in [0.2, 0.25) is 0 Å². The third-order valence-electron chi connectivity index (χ3n) is 3.36. The van der Waals surface area contributed by atoms with Crippen LogP contribution < -0.4 is 15.8 Å². The van der Waals surface area contributed by atoms with Crippen molar-refractivity contribution in [2.75, 3.05) is 17.7 Å². The smallest absolute Gasteiger partial charge is 0.224 e. The summed E-state index contributed by atoms with van der Waals surface area (Å²) in [6.45, 7) is 2.63. The van der Waals surface area contributed by atoms with Gasteiger partial charge in [-0.25, -0.2) is 0 Å². The number of benzene rings is 2. The van der Waals surface area contributed by atoms with Crippen LogP contribution in [0.3, 0.4) is 0 Å². The van der Waals surface area contributed by atoms with E-state index in [-0.39, 0.29) is 5.91 Å². The van der Waals surface area contributed by atoms with Gasteiger partial charge < -0.3 is 15.8 Å². The molecule has 3 N–H and O–H groups in total. The van der Waals surface area contributed by atoms with E-state index in [1.807, 2.05) is 30.3 Å². The van der Waals surface area contributed by atoms with E-state index in [0.717, 1.165) is 12.2 Å². The van der Waals surface area contributed by atoms with E-state index in [2.05, 4.69) is 18.3 Å². The van der Waals surface area contributed by atoms with Crippen molar-refractivity contribution in [3.05, 3.63) is 54.1 Å². The van der Waals surface area contributed by atoms with Gasteiger partial charge in [0, 0.05) is 6.42 Å². The van der Waals surface area contributed by atoms with Crippen LogP contribution in [0.5, 0.6) is 5.75 Å². The van der Waals surface area contributed by atoms with Gasteiger partial charge in [-0.15, -0.1) is 0 Å². The normalized spacial score (nSPS) is 10.2. The molecule has 2 rings (SSSR count). The lowest BCUT2D eigenvalue weighted by molar-refractivity contribution is -0.116. The highest BCUT2D eigenvalue weighted by Crippen LogP contribution is 2.17. The Morgan fingerprint density at radius 1 is 1.18 bits per heavy atom. The number of aryl methyl sites for hydroxylation is 1. The number of nitrogen functional groups attached to an aromatic ring is 1. The summed E-state index contributed by atoms with van der Waals surface area (Å²) in [5, 5.41) is 2.81. The summed E-state index contributed by atoms with van der Waals surface area (Å²) in [5.74, 6) is 0.802. The number of carbonyl (C=O) groups is 1. The Morgan fingerprint density at radius 2 is 2.00 bits per heavy atom. The van der Waals surface area contributed by atoms with Crippen LogP contribution in [0.1, 0.15) is 25.3 Å². The molecule has 0 bridgehead atoms. The lowest BCUT2D eigenvalue weighted by Crippen LogP contribution is -2.13. The van der Waals surface area contributed by atoms with Crippen molar-refractivity contribution in [1.82, 2.24) is 0 Å². The minimum Gasteiger partial charge on any atom is -0.494 e. The van der Waals surface area contributed by atoms with Gasteiger partial charge in [0.15, 0.2) is 0 Å². The number of anilines is 2. The Bertz CT molecular complexity index is 626. The topological polar surface area (TPSA) is 64.3 Å². The van der Waals surface area contributed by atoms with E-state index in [9.17, 15) is 4.79 Å². The van der Waals surface area contributed by atoms with Crippen molar-refractivity contribution >= 4 is 17.3 Å². The number of hydrogen-bond acceptors (Lipinski definition) is 3. The molecule has 2 aromatic rings. The molecule has 4 heteroatoms. The molecule has 0 aromatic heterocycles. The van der Waals surface area contributed by atoms with E-state index in [1.165, 1.54) is 5.56 Å². The van der Waals surface area contributed by atoms with Gasteiger partial charge in [-0.05, 0) is 42.7 Å². The van der Waals surface area contributed by atoms with E-state index >= 15 is 0 Å². The predicted molar refractivity (Wildman–Crippen MR) is 90.0 cm³/mol. The largest absolute Gasteiger partial charge is 0.494 e. The summed E-state index contributed by atoms with van der Waals surface area (Å²) in [4.78, 5) is 11.9. The van der Waals surface area contributed by atoms with Gasteiger partial charge in [-0.3, -0.25) is 4.79 Å². The third-order valence-corrected chi connectivity index (χ3v) is 3.36. The first kappa shape index (κ1) is 15.9. The average Bonchev–Trinajstić information content (AvgIpc) is 2.54. The number of rotatable bonds is 7. The highest BCUT2D eigenvalue weighted by atomic mass is 16.5. The molecule has 0 spiro atoms. The quantitative estimate of drug-likeness (QED) is 0.606. The number of nitrogens with one attached hydrogen (secondary N) is 1. The van der Waals surface area contributed by atoms with Crippen LogP contribution in [0, 0.1) is 0 Å². The summed E-state index contributed by atoms with van der Waals surface area (Å²) in [6.07, 6.45) is 2.05. The molecule has 116 valence electrons. The fourth-order valence-electron chi connectivity index (χ4n) is 2.10. The maximum absolute atomic E-state index is 11.9. The molecular formula is C18H22N2O2. The predicted octanol–water partition coefficient (Wildman–Crippen LogP) is 3.63. The minimum atomic E-state index is -0.0520. The first-order chi connectivity index (χ1) is 10.7. The third kappa shape index (κ3) is 4.81. The van der Waals surface area contributed by atoms with Gasteiger partial charge in [0.05, 0.1) is 18.0 Å². The second-order valence-electron chi connectivity index (χ2n) is 5.09. The molecule has 0 fully saturated rings. The second-order valence-corrected chi connectivity index (χ2v) is 5.09. The summed E-state index contributed by atoms with van der Waals surface area (Å²) >= 11 is 0. The number of ether oxygens (including phenoxy) is 1. The van der Waals surface area contributed by atoms with Crippen molar-refractivity contribution < 1.29 is 9.53 Å². The van der Waals surface area contributed by atoms with Crippen LogP contribution in [0.4, 0.5) is 11.4 Å². The van der Waals surface area contributed by atoms with Gasteiger partial charge in [0.1, 0.15) is 5.75 Å². The van der Waals surface area contributed by atoms with E-state index in [0.29, 0.717) is 30.8 Å². The zero-order valence-electron chi connectivity index (χ0n) is 12.8. The van der Waals surface area contributed by atoms with Crippen molar-refractivity contribution in [2.24, 2.45) is 0 Å². The molecule has 2 aromatic carbocycles. The molecule has 0 atom stereocenters. The van der Waals surface area contributed by atoms with Gasteiger partial charge in [-0.1, -0.05) is 31.2 Å². The van der Waals surface area contributed by atoms with Gasteiger partial charge >= 0.3 is 0 Å². The summed E-state index contributed by atoms with van der Waals surface area (Å²) < 4.78 is 5.67. The molecule has 0 radical (unpaired) electrons. The van der Waals surface area contributed by atoms with Gasteiger partial charge in [0.25, 0.3) is 0 Å². The fraction of sp³-hybridized carbons (Fsp3) is 0.278. The van der Waals surface area contributed by atoms with Crippen LogP contribution >= 0.6 is 0 Å². The maximum Gasteiger partial charge on any atom is 0.224 e. The maximum atomic E-state index is 11.9. The van der Waals surface area contributed by atoms with Gasteiger partial charge in [-0.2, -0.15) is 0 Å². The molecule has 0 aliphatic carbocycles. The Hall–Kier alpha value is -2.49. The molecular weight excluding hydrogens is 276 g/mol. The molecule has 0 heterocycles. The monoisotopic (exact) mass is 298 g/mol. The molecule has 0 saturated carbocycles. The average molecular weight is 298 g/mol. The Labute approximate surface area is 131 Å². The van der Waals surface area contributed by atoms with Crippen molar-refractivity contribution in [3.63, 3.8) is 0 Å². The van der Waals surface area contributed by atoms with Crippen molar-refractivity contribution in [2.45, 2.75) is 26.2 Å². The van der Waals surface area contributed by atoms with Crippen LogP contribution in [0.15, 0.2) is 48.5 Å². The molecule has 22 heavy (non-hydrogen) atoms. The minimum absolute atomic E-state index is 0.0520. The number of para-hydroxylation sites is 2. The highest BCUT2D eigenvalue weighted by Gasteiger charge is 2.05. The Kier molecular flexibility index (Phi) is 5.83. The first-order valence-electron chi connectivity index (χ1n) is 7.55. The lowest BCUT2D eigenvalue weighted by atomic mass is 10.2. The number of hydrogen-bond donors (Lipinski definition) is 2.